The van der Waals surface area contributed by atoms with E-state index in [1.165, 1.54) is 0 Å². The summed E-state index contributed by atoms with van der Waals surface area (Å²) >= 11 is 0. The molecule has 0 radical (unpaired) electrons. The monoisotopic (exact) mass is 350 g/mol. The molecule has 0 atom stereocenters. The molecule has 3 heterocycles. The van der Waals surface area contributed by atoms with E-state index in [9.17, 15) is 0 Å². The number of nitrogens with zero attached hydrogens (tertiary/aromatic N) is 4. The molecule has 0 N–H and O–H groups in total. The standard InChI is InChI=1S/C18H30N4O3/c1-4-16(23-13-1)19-7-10-22(11-8-20-17-5-2-14-24-17)12-9-21-18-6-3-15-25-18/h1-15H2. The molecule has 0 saturated carbocycles. The van der Waals surface area contributed by atoms with E-state index in [2.05, 4.69) is 19.9 Å². The van der Waals surface area contributed by atoms with Crippen molar-refractivity contribution < 1.29 is 14.2 Å². The van der Waals surface area contributed by atoms with Gasteiger partial charge in [-0.2, -0.15) is 0 Å². The lowest BCUT2D eigenvalue weighted by Crippen LogP contribution is -2.32. The van der Waals surface area contributed by atoms with Gasteiger partial charge in [-0.3, -0.25) is 19.9 Å². The summed E-state index contributed by atoms with van der Waals surface area (Å²) in [6.45, 7) is 7.49. The average molecular weight is 350 g/mol. The minimum absolute atomic E-state index is 0.773. The highest BCUT2D eigenvalue weighted by Crippen LogP contribution is 2.08. The van der Waals surface area contributed by atoms with Gasteiger partial charge in [0.25, 0.3) is 0 Å². The number of rotatable bonds is 9. The van der Waals surface area contributed by atoms with E-state index in [-0.39, 0.29) is 0 Å². The van der Waals surface area contributed by atoms with Gasteiger partial charge < -0.3 is 14.2 Å². The summed E-state index contributed by atoms with van der Waals surface area (Å²) < 4.78 is 16.5. The molecule has 0 aromatic heterocycles. The van der Waals surface area contributed by atoms with Crippen molar-refractivity contribution in [3.8, 4) is 0 Å². The smallest absolute Gasteiger partial charge is 0.183 e. The molecule has 0 spiro atoms. The normalized spacial score (nSPS) is 25.1. The second-order valence-electron chi connectivity index (χ2n) is 6.52. The Hall–Kier alpha value is -1.63. The quantitative estimate of drug-likeness (QED) is 0.637. The van der Waals surface area contributed by atoms with Gasteiger partial charge >= 0.3 is 0 Å². The summed E-state index contributed by atoms with van der Waals surface area (Å²) in [7, 11) is 0. The SMILES string of the molecule is C1COC(=NCCN(CCN=C2CCCO2)CCN=C2CCCO2)C1. The van der Waals surface area contributed by atoms with Crippen molar-refractivity contribution in [2.45, 2.75) is 38.5 Å². The van der Waals surface area contributed by atoms with Crippen LogP contribution in [0.2, 0.25) is 0 Å². The molecule has 0 amide bonds. The third-order valence-corrected chi connectivity index (χ3v) is 4.52. The average Bonchev–Trinajstić information content (AvgIpc) is 3.38. The zero-order valence-corrected chi connectivity index (χ0v) is 15.1. The molecule has 3 aliphatic heterocycles. The van der Waals surface area contributed by atoms with Crippen LogP contribution >= 0.6 is 0 Å². The van der Waals surface area contributed by atoms with Gasteiger partial charge in [0.1, 0.15) is 0 Å². The zero-order chi connectivity index (χ0) is 17.2. The fraction of sp³-hybridized carbons (Fsp3) is 0.833. The van der Waals surface area contributed by atoms with Crippen LogP contribution < -0.4 is 0 Å². The van der Waals surface area contributed by atoms with Gasteiger partial charge in [-0.25, -0.2) is 0 Å². The lowest BCUT2D eigenvalue weighted by molar-refractivity contribution is 0.291. The van der Waals surface area contributed by atoms with Gasteiger partial charge in [0.15, 0.2) is 17.7 Å². The summed E-state index contributed by atoms with van der Waals surface area (Å²) in [5.41, 5.74) is 0. The zero-order valence-electron chi connectivity index (χ0n) is 15.1. The van der Waals surface area contributed by atoms with Crippen molar-refractivity contribution in [1.82, 2.24) is 4.90 Å². The Labute approximate surface area is 150 Å². The molecule has 3 aliphatic rings. The second-order valence-corrected chi connectivity index (χ2v) is 6.52. The largest absolute Gasteiger partial charge is 0.481 e. The van der Waals surface area contributed by atoms with Crippen LogP contribution in [0.5, 0.6) is 0 Å². The van der Waals surface area contributed by atoms with Crippen LogP contribution in [-0.2, 0) is 14.2 Å². The first kappa shape index (κ1) is 18.2. The second kappa shape index (κ2) is 10.4. The summed E-state index contributed by atoms with van der Waals surface area (Å²) in [4.78, 5) is 16.1. The first-order chi connectivity index (χ1) is 12.4. The van der Waals surface area contributed by atoms with E-state index >= 15 is 0 Å². The number of ether oxygens (including phenoxy) is 3. The fourth-order valence-corrected chi connectivity index (χ4v) is 3.11. The number of hydrogen-bond acceptors (Lipinski definition) is 7. The van der Waals surface area contributed by atoms with Gasteiger partial charge in [-0.05, 0) is 19.3 Å². The number of aliphatic imine (C=N–C) groups is 3. The molecule has 0 aromatic rings. The van der Waals surface area contributed by atoms with Crippen LogP contribution in [-0.4, -0.2) is 81.7 Å². The molecule has 7 heteroatoms. The Balaban J connectivity index is 1.42. The molecule has 0 bridgehead atoms. The molecule has 25 heavy (non-hydrogen) atoms. The Bertz CT molecular complexity index is 409. The predicted octanol–water partition coefficient (Wildman–Crippen LogP) is 1.92. The van der Waals surface area contributed by atoms with Crippen molar-refractivity contribution in [2.75, 3.05) is 59.1 Å². The molecule has 3 saturated heterocycles. The van der Waals surface area contributed by atoms with E-state index in [1.54, 1.807) is 0 Å². The van der Waals surface area contributed by atoms with E-state index in [0.717, 1.165) is 115 Å². The Morgan fingerprint density at radius 3 is 1.24 bits per heavy atom. The van der Waals surface area contributed by atoms with Crippen molar-refractivity contribution in [1.29, 1.82) is 0 Å². The Kier molecular flexibility index (Phi) is 7.54. The molecule has 7 nitrogen and oxygen atoms in total. The summed E-state index contributed by atoms with van der Waals surface area (Å²) in [5, 5.41) is 0. The van der Waals surface area contributed by atoms with Crippen molar-refractivity contribution in [3.05, 3.63) is 0 Å². The van der Waals surface area contributed by atoms with E-state index in [4.69, 9.17) is 14.2 Å². The predicted molar refractivity (Wildman–Crippen MR) is 98.9 cm³/mol. The van der Waals surface area contributed by atoms with Crippen LogP contribution in [0.15, 0.2) is 15.0 Å². The third kappa shape index (κ3) is 6.65. The van der Waals surface area contributed by atoms with Crippen molar-refractivity contribution in [3.63, 3.8) is 0 Å². The van der Waals surface area contributed by atoms with E-state index in [1.807, 2.05) is 0 Å². The highest BCUT2D eigenvalue weighted by Gasteiger charge is 2.12. The molecule has 3 fully saturated rings. The highest BCUT2D eigenvalue weighted by molar-refractivity contribution is 5.78. The molecular weight excluding hydrogens is 320 g/mol. The minimum Gasteiger partial charge on any atom is -0.481 e. The maximum Gasteiger partial charge on any atom is 0.183 e. The van der Waals surface area contributed by atoms with Crippen molar-refractivity contribution >= 4 is 17.7 Å². The van der Waals surface area contributed by atoms with Gasteiger partial charge in [0.05, 0.1) is 39.5 Å². The van der Waals surface area contributed by atoms with Crippen LogP contribution in [0.3, 0.4) is 0 Å². The summed E-state index contributed by atoms with van der Waals surface area (Å²) in [6, 6.07) is 0. The summed E-state index contributed by atoms with van der Waals surface area (Å²) in [5.74, 6) is 2.75. The maximum atomic E-state index is 5.49. The minimum atomic E-state index is 0.773. The van der Waals surface area contributed by atoms with Crippen LogP contribution in [0.4, 0.5) is 0 Å². The van der Waals surface area contributed by atoms with Gasteiger partial charge in [-0.15, -0.1) is 0 Å². The van der Waals surface area contributed by atoms with E-state index < -0.39 is 0 Å². The van der Waals surface area contributed by atoms with Crippen molar-refractivity contribution in [2.24, 2.45) is 15.0 Å². The molecular formula is C18H30N4O3. The Morgan fingerprint density at radius 2 is 0.960 bits per heavy atom. The number of hydrogen-bond donors (Lipinski definition) is 0. The third-order valence-electron chi connectivity index (χ3n) is 4.52. The van der Waals surface area contributed by atoms with Gasteiger partial charge in [0.2, 0.25) is 0 Å². The molecule has 0 unspecified atom stereocenters. The van der Waals surface area contributed by atoms with Gasteiger partial charge in [0, 0.05) is 38.9 Å². The van der Waals surface area contributed by atoms with Crippen LogP contribution in [0.25, 0.3) is 0 Å². The highest BCUT2D eigenvalue weighted by atomic mass is 16.5. The first-order valence-electron chi connectivity index (χ1n) is 9.61. The lowest BCUT2D eigenvalue weighted by Gasteiger charge is -2.19. The summed E-state index contributed by atoms with van der Waals surface area (Å²) in [6.07, 6.45) is 6.23. The molecule has 3 rings (SSSR count). The Morgan fingerprint density at radius 1 is 0.600 bits per heavy atom. The van der Waals surface area contributed by atoms with Crippen LogP contribution in [0.1, 0.15) is 38.5 Å². The van der Waals surface area contributed by atoms with Crippen LogP contribution in [0, 0.1) is 0 Å². The van der Waals surface area contributed by atoms with Gasteiger partial charge in [-0.1, -0.05) is 0 Å². The van der Waals surface area contributed by atoms with E-state index in [0.29, 0.717) is 0 Å². The molecule has 0 aromatic carbocycles. The maximum absolute atomic E-state index is 5.49. The first-order valence-corrected chi connectivity index (χ1v) is 9.61. The lowest BCUT2D eigenvalue weighted by atomic mass is 10.3. The molecule has 0 aliphatic carbocycles. The molecule has 140 valence electrons. The topological polar surface area (TPSA) is 68.0 Å². The fourth-order valence-electron chi connectivity index (χ4n) is 3.11.